The maximum Gasteiger partial charge on any atom is 0.253 e. The number of piperazine rings is 1. The normalized spacial score (nSPS) is 21.3. The smallest absolute Gasteiger partial charge is 0.253 e. The number of benzene rings is 2. The predicted octanol–water partition coefficient (Wildman–Crippen LogP) is 2.65. The van der Waals surface area contributed by atoms with Gasteiger partial charge in [-0.05, 0) is 36.9 Å². The third kappa shape index (κ3) is 3.99. The van der Waals surface area contributed by atoms with Gasteiger partial charge in [0.05, 0.1) is 19.3 Å². The molecule has 5 heteroatoms. The van der Waals surface area contributed by atoms with Crippen molar-refractivity contribution in [3.05, 3.63) is 65.7 Å². The van der Waals surface area contributed by atoms with Crippen LogP contribution in [0.25, 0.3) is 0 Å². The van der Waals surface area contributed by atoms with Crippen LogP contribution in [0.3, 0.4) is 0 Å². The first-order valence-corrected chi connectivity index (χ1v) is 9.69. The second kappa shape index (κ2) is 8.11. The third-order valence-electron chi connectivity index (χ3n) is 5.61. The minimum Gasteiger partial charge on any atom is -0.378 e. The summed E-state index contributed by atoms with van der Waals surface area (Å²) in [6.45, 7) is 5.73. The number of nitrogens with zero attached hydrogens (tertiary/aromatic N) is 3. The van der Waals surface area contributed by atoms with Crippen molar-refractivity contribution >= 4 is 11.6 Å². The molecule has 142 valence electrons. The molecule has 0 saturated carbocycles. The third-order valence-corrected chi connectivity index (χ3v) is 5.61. The lowest BCUT2D eigenvalue weighted by molar-refractivity contribution is 0.0546. The standard InChI is InChI=1S/C22H27N3O2/c1-23-11-12-25(17-21(23)18-5-3-2-4-6-18)22(26)19-7-9-20(10-8-19)24-13-15-27-16-14-24/h2-10,21H,11-17H2,1H3/t21-/m1/s1. The molecule has 4 rings (SSSR count). The molecule has 0 N–H and O–H groups in total. The fraction of sp³-hybridized carbons (Fsp3) is 0.409. The quantitative estimate of drug-likeness (QED) is 0.838. The first-order valence-electron chi connectivity index (χ1n) is 9.69. The van der Waals surface area contributed by atoms with Crippen molar-refractivity contribution in [2.24, 2.45) is 0 Å². The van der Waals surface area contributed by atoms with Crippen LogP contribution in [0.2, 0.25) is 0 Å². The van der Waals surface area contributed by atoms with E-state index in [1.807, 2.05) is 23.1 Å². The Bertz CT molecular complexity index is 757. The summed E-state index contributed by atoms with van der Waals surface area (Å²) in [6.07, 6.45) is 0. The predicted molar refractivity (Wildman–Crippen MR) is 107 cm³/mol. The zero-order valence-electron chi connectivity index (χ0n) is 15.9. The highest BCUT2D eigenvalue weighted by Crippen LogP contribution is 2.25. The van der Waals surface area contributed by atoms with Crippen molar-refractivity contribution in [1.82, 2.24) is 9.80 Å². The van der Waals surface area contributed by atoms with Gasteiger partial charge in [0, 0.05) is 44.0 Å². The molecule has 2 aliphatic rings. The average molecular weight is 365 g/mol. The molecule has 1 atom stereocenters. The molecule has 2 saturated heterocycles. The summed E-state index contributed by atoms with van der Waals surface area (Å²) < 4.78 is 5.41. The Morgan fingerprint density at radius 3 is 2.33 bits per heavy atom. The van der Waals surface area contributed by atoms with Gasteiger partial charge in [0.2, 0.25) is 0 Å². The van der Waals surface area contributed by atoms with Gasteiger partial charge in [-0.3, -0.25) is 9.69 Å². The van der Waals surface area contributed by atoms with E-state index in [1.165, 1.54) is 5.56 Å². The Hall–Kier alpha value is -2.37. The molecule has 5 nitrogen and oxygen atoms in total. The van der Waals surface area contributed by atoms with Gasteiger partial charge in [0.1, 0.15) is 0 Å². The Labute approximate surface area is 161 Å². The summed E-state index contributed by atoms with van der Waals surface area (Å²) in [4.78, 5) is 19.7. The summed E-state index contributed by atoms with van der Waals surface area (Å²) in [7, 11) is 2.14. The van der Waals surface area contributed by atoms with Crippen LogP contribution < -0.4 is 4.90 Å². The van der Waals surface area contributed by atoms with Gasteiger partial charge in [-0.1, -0.05) is 30.3 Å². The molecule has 0 spiro atoms. The number of carbonyl (C=O) groups excluding carboxylic acids is 1. The van der Waals surface area contributed by atoms with Gasteiger partial charge in [-0.25, -0.2) is 0 Å². The van der Waals surface area contributed by atoms with Crippen LogP contribution >= 0.6 is 0 Å². The molecular formula is C22H27N3O2. The summed E-state index contributed by atoms with van der Waals surface area (Å²) in [5, 5.41) is 0. The van der Waals surface area contributed by atoms with Gasteiger partial charge in [-0.15, -0.1) is 0 Å². The molecule has 2 heterocycles. The van der Waals surface area contributed by atoms with Gasteiger partial charge in [0.25, 0.3) is 5.91 Å². The highest BCUT2D eigenvalue weighted by atomic mass is 16.5. The monoisotopic (exact) mass is 365 g/mol. The number of hydrogen-bond donors (Lipinski definition) is 0. The molecule has 1 amide bonds. The van der Waals surface area contributed by atoms with E-state index in [4.69, 9.17) is 4.74 Å². The lowest BCUT2D eigenvalue weighted by Gasteiger charge is -2.39. The van der Waals surface area contributed by atoms with E-state index >= 15 is 0 Å². The summed E-state index contributed by atoms with van der Waals surface area (Å²) >= 11 is 0. The van der Waals surface area contributed by atoms with E-state index in [2.05, 4.69) is 53.2 Å². The van der Waals surface area contributed by atoms with Crippen molar-refractivity contribution in [2.75, 3.05) is 57.9 Å². The van der Waals surface area contributed by atoms with Crippen molar-refractivity contribution in [1.29, 1.82) is 0 Å². The zero-order valence-corrected chi connectivity index (χ0v) is 15.9. The van der Waals surface area contributed by atoms with Crippen molar-refractivity contribution in [2.45, 2.75) is 6.04 Å². The van der Waals surface area contributed by atoms with Crippen LogP contribution in [0.5, 0.6) is 0 Å². The van der Waals surface area contributed by atoms with Crippen LogP contribution in [-0.4, -0.2) is 68.7 Å². The van der Waals surface area contributed by atoms with Gasteiger partial charge in [-0.2, -0.15) is 0 Å². The van der Waals surface area contributed by atoms with Crippen LogP contribution in [-0.2, 0) is 4.74 Å². The highest BCUT2D eigenvalue weighted by molar-refractivity contribution is 5.94. The SMILES string of the molecule is CN1CCN(C(=O)c2ccc(N3CCOCC3)cc2)C[C@@H]1c1ccccc1. The minimum atomic E-state index is 0.123. The largest absolute Gasteiger partial charge is 0.378 e. The van der Waals surface area contributed by atoms with Gasteiger partial charge < -0.3 is 14.5 Å². The first kappa shape index (κ1) is 18.0. The van der Waals surface area contributed by atoms with E-state index in [1.54, 1.807) is 0 Å². The number of carbonyl (C=O) groups is 1. The number of hydrogen-bond acceptors (Lipinski definition) is 4. The topological polar surface area (TPSA) is 36.0 Å². The number of morpholine rings is 1. The Morgan fingerprint density at radius 1 is 0.926 bits per heavy atom. The molecule has 27 heavy (non-hydrogen) atoms. The molecule has 2 fully saturated rings. The Balaban J connectivity index is 1.45. The Morgan fingerprint density at radius 2 is 1.63 bits per heavy atom. The molecule has 0 aromatic heterocycles. The first-order chi connectivity index (χ1) is 13.2. The van der Waals surface area contributed by atoms with Crippen molar-refractivity contribution < 1.29 is 9.53 Å². The number of anilines is 1. The number of amides is 1. The van der Waals surface area contributed by atoms with Crippen LogP contribution in [0, 0.1) is 0 Å². The average Bonchev–Trinajstić information content (AvgIpc) is 2.75. The summed E-state index contributed by atoms with van der Waals surface area (Å²) in [6, 6.07) is 18.7. The van der Waals surface area contributed by atoms with Gasteiger partial charge >= 0.3 is 0 Å². The minimum absolute atomic E-state index is 0.123. The van der Waals surface area contributed by atoms with E-state index in [0.717, 1.165) is 57.2 Å². The van der Waals surface area contributed by atoms with Crippen LogP contribution in [0.15, 0.2) is 54.6 Å². The lowest BCUT2D eigenvalue weighted by Crippen LogP contribution is -2.49. The summed E-state index contributed by atoms with van der Waals surface area (Å²) in [5.74, 6) is 0.123. The number of rotatable bonds is 3. The second-order valence-electron chi connectivity index (χ2n) is 7.30. The van der Waals surface area contributed by atoms with E-state index in [0.29, 0.717) is 0 Å². The summed E-state index contributed by atoms with van der Waals surface area (Å²) in [5.41, 5.74) is 3.19. The Kier molecular flexibility index (Phi) is 5.41. The molecule has 0 unspecified atom stereocenters. The molecule has 0 aliphatic carbocycles. The van der Waals surface area contributed by atoms with Crippen molar-refractivity contribution in [3.63, 3.8) is 0 Å². The highest BCUT2D eigenvalue weighted by Gasteiger charge is 2.28. The van der Waals surface area contributed by atoms with Crippen LogP contribution in [0.1, 0.15) is 22.0 Å². The van der Waals surface area contributed by atoms with Gasteiger partial charge in [0.15, 0.2) is 0 Å². The molecule has 2 aromatic rings. The molecular weight excluding hydrogens is 338 g/mol. The van der Waals surface area contributed by atoms with E-state index in [9.17, 15) is 4.79 Å². The van der Waals surface area contributed by atoms with E-state index < -0.39 is 0 Å². The maximum atomic E-state index is 13.0. The molecule has 2 aliphatic heterocycles. The van der Waals surface area contributed by atoms with Crippen LogP contribution in [0.4, 0.5) is 5.69 Å². The molecule has 0 radical (unpaired) electrons. The lowest BCUT2D eigenvalue weighted by atomic mass is 10.0. The zero-order chi connectivity index (χ0) is 18.6. The number of ether oxygens (including phenoxy) is 1. The maximum absolute atomic E-state index is 13.0. The number of likely N-dealkylation sites (N-methyl/N-ethyl adjacent to an activating group) is 1. The molecule has 0 bridgehead atoms. The van der Waals surface area contributed by atoms with Crippen molar-refractivity contribution in [3.8, 4) is 0 Å². The second-order valence-corrected chi connectivity index (χ2v) is 7.30. The molecule has 2 aromatic carbocycles. The fourth-order valence-corrected chi connectivity index (χ4v) is 3.91. The van der Waals surface area contributed by atoms with E-state index in [-0.39, 0.29) is 11.9 Å². The fourth-order valence-electron chi connectivity index (χ4n) is 3.91.